The van der Waals surface area contributed by atoms with Crippen LogP contribution in [-0.4, -0.2) is 49.1 Å². The molecule has 2 aliphatic rings. The van der Waals surface area contributed by atoms with E-state index in [2.05, 4.69) is 0 Å². The van der Waals surface area contributed by atoms with Gasteiger partial charge >= 0.3 is 0 Å². The molecule has 5 rings (SSSR count). The monoisotopic (exact) mass is 647 g/mol. The highest BCUT2D eigenvalue weighted by Gasteiger charge is 2.49. The lowest BCUT2D eigenvalue weighted by Gasteiger charge is -2.48. The van der Waals surface area contributed by atoms with Gasteiger partial charge in [-0.3, -0.25) is 13.9 Å². The highest BCUT2D eigenvalue weighted by Crippen LogP contribution is 2.45. The summed E-state index contributed by atoms with van der Waals surface area (Å²) in [6.07, 6.45) is -1.16. The first-order chi connectivity index (χ1) is 20.5. The number of nitrogens with zero attached hydrogens (tertiary/aromatic N) is 2. The third-order valence-corrected chi connectivity index (χ3v) is 10.6. The predicted molar refractivity (Wildman–Crippen MR) is 164 cm³/mol. The molecule has 43 heavy (non-hydrogen) atoms. The van der Waals surface area contributed by atoms with Crippen molar-refractivity contribution in [3.05, 3.63) is 99.8 Å². The van der Waals surface area contributed by atoms with E-state index >= 15 is 4.39 Å². The van der Waals surface area contributed by atoms with Crippen LogP contribution in [0.3, 0.4) is 0 Å². The van der Waals surface area contributed by atoms with Crippen molar-refractivity contribution in [2.75, 3.05) is 10.8 Å². The molecule has 0 radical (unpaired) electrons. The van der Waals surface area contributed by atoms with E-state index in [1.54, 1.807) is 59.5 Å². The summed E-state index contributed by atoms with van der Waals surface area (Å²) in [7, 11) is -3.94. The summed E-state index contributed by atoms with van der Waals surface area (Å²) in [5.74, 6) is -1.95. The maximum atomic E-state index is 15.2. The van der Waals surface area contributed by atoms with E-state index in [-0.39, 0.29) is 18.7 Å². The topological polar surface area (TPSA) is 110 Å². The van der Waals surface area contributed by atoms with Gasteiger partial charge in [-0.2, -0.15) is 0 Å². The molecule has 0 spiro atoms. The van der Waals surface area contributed by atoms with Gasteiger partial charge in [0.1, 0.15) is 18.0 Å². The number of amides is 2. The molecule has 3 aromatic carbocycles. The van der Waals surface area contributed by atoms with Crippen molar-refractivity contribution in [1.82, 2.24) is 4.90 Å². The molecule has 4 atom stereocenters. The van der Waals surface area contributed by atoms with E-state index in [1.165, 1.54) is 18.2 Å². The number of rotatable bonds is 11. The molecule has 1 aliphatic carbocycles. The van der Waals surface area contributed by atoms with Gasteiger partial charge in [0.15, 0.2) is 0 Å². The molecule has 1 saturated carbocycles. The van der Waals surface area contributed by atoms with Crippen LogP contribution in [-0.2, 0) is 24.3 Å². The number of carbonyl (C=O) groups is 2. The molecule has 12 heteroatoms. The summed E-state index contributed by atoms with van der Waals surface area (Å²) in [4.78, 5) is 27.9. The highest BCUT2D eigenvalue weighted by atomic mass is 35.5. The van der Waals surface area contributed by atoms with Gasteiger partial charge < -0.3 is 15.4 Å². The molecule has 2 fully saturated rings. The van der Waals surface area contributed by atoms with Crippen LogP contribution in [0.4, 0.5) is 10.1 Å². The molecule has 0 aromatic heterocycles. The van der Waals surface area contributed by atoms with Crippen LogP contribution in [0.5, 0.6) is 0 Å². The Morgan fingerprint density at radius 2 is 1.74 bits per heavy atom. The summed E-state index contributed by atoms with van der Waals surface area (Å²) in [6.45, 7) is 1.62. The summed E-state index contributed by atoms with van der Waals surface area (Å²) >= 11 is 12.6. The third kappa shape index (κ3) is 6.67. The Morgan fingerprint density at radius 3 is 2.35 bits per heavy atom. The van der Waals surface area contributed by atoms with Gasteiger partial charge in [-0.1, -0.05) is 66.5 Å². The normalized spacial score (nSPS) is 21.4. The number of halogens is 3. The zero-order valence-electron chi connectivity index (χ0n) is 23.4. The average molecular weight is 649 g/mol. The van der Waals surface area contributed by atoms with Gasteiger partial charge in [0, 0.05) is 10.0 Å². The van der Waals surface area contributed by atoms with Gasteiger partial charge in [-0.15, -0.1) is 0 Å². The number of anilines is 1. The molecule has 228 valence electrons. The van der Waals surface area contributed by atoms with Crippen molar-refractivity contribution in [3.63, 3.8) is 0 Å². The maximum absolute atomic E-state index is 15.2. The fourth-order valence-electron chi connectivity index (χ4n) is 5.57. The molecule has 2 amide bonds. The molecule has 0 bridgehead atoms. The molecule has 1 heterocycles. The van der Waals surface area contributed by atoms with E-state index in [0.717, 1.165) is 4.31 Å². The Morgan fingerprint density at radius 1 is 1.05 bits per heavy atom. The van der Waals surface area contributed by atoms with Crippen molar-refractivity contribution in [1.29, 1.82) is 0 Å². The second-order valence-corrected chi connectivity index (χ2v) is 13.8. The van der Waals surface area contributed by atoms with Crippen molar-refractivity contribution in [2.45, 2.75) is 62.1 Å². The van der Waals surface area contributed by atoms with Crippen molar-refractivity contribution in [2.24, 2.45) is 5.73 Å². The van der Waals surface area contributed by atoms with E-state index < -0.39 is 57.2 Å². The van der Waals surface area contributed by atoms with Gasteiger partial charge in [-0.05, 0) is 66.8 Å². The lowest BCUT2D eigenvalue weighted by atomic mass is 9.89. The Kier molecular flexibility index (Phi) is 9.31. The number of sulfonamides is 1. The number of ether oxygens (including phenoxy) is 1. The highest BCUT2D eigenvalue weighted by molar-refractivity contribution is 7.93. The zero-order chi connectivity index (χ0) is 30.9. The van der Waals surface area contributed by atoms with Crippen molar-refractivity contribution < 1.29 is 27.1 Å². The first-order valence-corrected chi connectivity index (χ1v) is 16.3. The van der Waals surface area contributed by atoms with Crippen LogP contribution in [0.2, 0.25) is 10.0 Å². The summed E-state index contributed by atoms with van der Waals surface area (Å²) in [5, 5.41) is 0.301. The largest absolute Gasteiger partial charge is 0.370 e. The molecule has 8 nitrogen and oxygen atoms in total. The standard InChI is InChI=1S/C31H32Cl2FN3O5S/c1-2-23(18-36(43(40,41)24-14-15-24)26-9-4-3-8-25(26)34)37-29(19-10-12-21(32)13-11-19)30(20-6-5-7-22(33)16-20)42-27(31(37)39)17-28(35)38/h3-13,16,23-24,27,29-30H,2,14-15,17-18H2,1H3,(H2,35,38)/t23?,27-,29-,30-/m1/s1. The molecule has 3 aromatic rings. The van der Waals surface area contributed by atoms with E-state index in [0.29, 0.717) is 40.4 Å². The van der Waals surface area contributed by atoms with Crippen LogP contribution >= 0.6 is 23.2 Å². The molecule has 1 unspecified atom stereocenters. The van der Waals surface area contributed by atoms with Crippen LogP contribution < -0.4 is 10.0 Å². The lowest BCUT2D eigenvalue weighted by Crippen LogP contribution is -2.58. The summed E-state index contributed by atoms with van der Waals surface area (Å²) in [6, 6.07) is 18.1. The van der Waals surface area contributed by atoms with Crippen LogP contribution in [0, 0.1) is 5.82 Å². The van der Waals surface area contributed by atoms with Crippen LogP contribution in [0.25, 0.3) is 0 Å². The fourth-order valence-corrected chi connectivity index (χ4v) is 7.79. The van der Waals surface area contributed by atoms with E-state index in [1.807, 2.05) is 6.92 Å². The Balaban J connectivity index is 1.66. The second-order valence-electron chi connectivity index (χ2n) is 10.8. The number of carbonyl (C=O) groups excluding carboxylic acids is 2. The third-order valence-electron chi connectivity index (χ3n) is 7.82. The van der Waals surface area contributed by atoms with Crippen molar-refractivity contribution >= 4 is 50.7 Å². The van der Waals surface area contributed by atoms with Gasteiger partial charge in [0.2, 0.25) is 15.9 Å². The molecule has 1 saturated heterocycles. The van der Waals surface area contributed by atoms with Gasteiger partial charge in [0.05, 0.1) is 36.0 Å². The van der Waals surface area contributed by atoms with Gasteiger partial charge in [-0.25, -0.2) is 12.8 Å². The molecular formula is C31H32Cl2FN3O5S. The zero-order valence-corrected chi connectivity index (χ0v) is 25.7. The minimum atomic E-state index is -3.94. The molecule has 1 aliphatic heterocycles. The maximum Gasteiger partial charge on any atom is 0.253 e. The first kappa shape index (κ1) is 31.3. The Bertz CT molecular complexity index is 1600. The Labute approximate surface area is 260 Å². The summed E-state index contributed by atoms with van der Waals surface area (Å²) < 4.78 is 50.0. The Hall–Kier alpha value is -3.18. The SMILES string of the molecule is CCC(CN(c1ccccc1F)S(=O)(=O)C1CC1)N1C(=O)[C@@H](CC(N)=O)O[C@H](c2cccc(Cl)c2)[C@H]1c1ccc(Cl)cc1. The van der Waals surface area contributed by atoms with E-state index in [9.17, 15) is 18.0 Å². The average Bonchev–Trinajstić information content (AvgIpc) is 3.82. The smallest absolute Gasteiger partial charge is 0.253 e. The number of benzene rings is 3. The predicted octanol–water partition coefficient (Wildman–Crippen LogP) is 5.80. The molecule has 2 N–H and O–H groups in total. The van der Waals surface area contributed by atoms with Crippen LogP contribution in [0.15, 0.2) is 72.8 Å². The quantitative estimate of drug-likeness (QED) is 0.283. The number of primary amides is 1. The number of nitrogens with two attached hydrogens (primary N) is 1. The first-order valence-electron chi connectivity index (χ1n) is 14.0. The van der Waals surface area contributed by atoms with E-state index in [4.69, 9.17) is 33.7 Å². The second kappa shape index (κ2) is 12.8. The van der Waals surface area contributed by atoms with Crippen molar-refractivity contribution in [3.8, 4) is 0 Å². The number of hydrogen-bond acceptors (Lipinski definition) is 5. The lowest BCUT2D eigenvalue weighted by molar-refractivity contribution is -0.180. The fraction of sp³-hybridized carbons (Fsp3) is 0.355. The minimum absolute atomic E-state index is 0.0864. The molecular weight excluding hydrogens is 616 g/mol. The summed E-state index contributed by atoms with van der Waals surface area (Å²) in [5.41, 5.74) is 6.75. The van der Waals surface area contributed by atoms with Gasteiger partial charge in [0.25, 0.3) is 5.91 Å². The number of hydrogen-bond donors (Lipinski definition) is 1. The number of morpholine rings is 1. The minimum Gasteiger partial charge on any atom is -0.370 e. The van der Waals surface area contributed by atoms with Crippen LogP contribution in [0.1, 0.15) is 55.9 Å². The number of para-hydroxylation sites is 1.